The van der Waals surface area contributed by atoms with E-state index in [0.717, 1.165) is 21.8 Å². The van der Waals surface area contributed by atoms with Gasteiger partial charge in [0.05, 0.1) is 16.3 Å². The topological polar surface area (TPSA) is 81.3 Å². The summed E-state index contributed by atoms with van der Waals surface area (Å²) in [6.45, 7) is 1.66. The summed E-state index contributed by atoms with van der Waals surface area (Å²) in [6, 6.07) is 19.4. The van der Waals surface area contributed by atoms with Crippen molar-refractivity contribution in [1.82, 2.24) is 19.2 Å². The molecule has 0 saturated heterocycles. The lowest BCUT2D eigenvalue weighted by molar-refractivity contribution is -0.119. The number of anilines is 1. The number of nitrogens with zero attached hydrogens (tertiary/aromatic N) is 4. The fraction of sp³-hybridized carbons (Fsp3) is 0.0833. The van der Waals surface area contributed by atoms with Crippen LogP contribution in [0.2, 0.25) is 0 Å². The fourth-order valence-electron chi connectivity index (χ4n) is 3.49. The van der Waals surface area contributed by atoms with Gasteiger partial charge in [-0.1, -0.05) is 30.3 Å². The molecule has 0 radical (unpaired) electrons. The number of thiophene rings is 1. The zero-order valence-electron chi connectivity index (χ0n) is 17.2. The van der Waals surface area contributed by atoms with Gasteiger partial charge in [-0.3, -0.25) is 9.59 Å². The van der Waals surface area contributed by atoms with Crippen LogP contribution in [0.5, 0.6) is 0 Å². The van der Waals surface area contributed by atoms with Gasteiger partial charge in [0.15, 0.2) is 0 Å². The minimum absolute atomic E-state index is 0.332. The number of hydrogen-bond donors (Lipinski definition) is 1. The number of rotatable bonds is 5. The van der Waals surface area contributed by atoms with Gasteiger partial charge in [-0.25, -0.2) is 9.67 Å². The molecule has 0 aliphatic carbocycles. The maximum atomic E-state index is 13.1. The van der Waals surface area contributed by atoms with Crippen LogP contribution >= 0.6 is 11.3 Å². The molecule has 158 valence electrons. The Bertz CT molecular complexity index is 1440. The summed E-state index contributed by atoms with van der Waals surface area (Å²) in [6.07, 6.45) is 3.84. The largest absolute Gasteiger partial charge is 0.324 e. The lowest BCUT2D eigenvalue weighted by Crippen LogP contribution is -2.33. The molecule has 0 saturated carbocycles. The number of fused-ring (bicyclic) bond motifs is 1. The first-order valence-corrected chi connectivity index (χ1v) is 11.0. The van der Waals surface area contributed by atoms with E-state index in [1.807, 2.05) is 76.8 Å². The predicted molar refractivity (Wildman–Crippen MR) is 126 cm³/mol. The maximum Gasteiger partial charge on any atom is 0.267 e. The lowest BCUT2D eigenvalue weighted by atomic mass is 10.1. The highest BCUT2D eigenvalue weighted by molar-refractivity contribution is 7.13. The molecule has 1 atom stereocenters. The van der Waals surface area contributed by atoms with Gasteiger partial charge in [-0.05, 0) is 42.6 Å². The van der Waals surface area contributed by atoms with Crippen molar-refractivity contribution in [3.63, 3.8) is 0 Å². The molecule has 7 nitrogen and oxygen atoms in total. The van der Waals surface area contributed by atoms with E-state index in [4.69, 9.17) is 0 Å². The third-order valence-electron chi connectivity index (χ3n) is 5.17. The van der Waals surface area contributed by atoms with E-state index < -0.39 is 6.04 Å². The number of pyridine rings is 1. The van der Waals surface area contributed by atoms with Crippen LogP contribution in [0.15, 0.2) is 89.3 Å². The maximum absolute atomic E-state index is 13.1. The summed E-state index contributed by atoms with van der Waals surface area (Å²) < 4.78 is 3.15. The number of para-hydroxylation sites is 1. The van der Waals surface area contributed by atoms with E-state index in [0.29, 0.717) is 11.4 Å². The Hall–Kier alpha value is -4.04. The van der Waals surface area contributed by atoms with E-state index in [2.05, 4.69) is 15.4 Å². The number of nitrogens with one attached hydrogen (secondary N) is 1. The van der Waals surface area contributed by atoms with Crippen LogP contribution in [0.3, 0.4) is 0 Å². The summed E-state index contributed by atoms with van der Waals surface area (Å²) in [5.74, 6) is -0.334. The molecule has 4 heterocycles. The molecular formula is C24H19N5O2S. The fourth-order valence-corrected chi connectivity index (χ4v) is 4.18. The highest BCUT2D eigenvalue weighted by atomic mass is 32.1. The molecule has 0 aliphatic heterocycles. The first-order valence-electron chi connectivity index (χ1n) is 10.1. The number of carbonyl (C=O) groups excluding carboxylic acids is 1. The molecule has 1 N–H and O–H groups in total. The molecule has 0 fully saturated rings. The Morgan fingerprint density at radius 3 is 2.66 bits per heavy atom. The summed E-state index contributed by atoms with van der Waals surface area (Å²) in [5, 5.41) is 9.32. The number of amides is 1. The summed E-state index contributed by atoms with van der Waals surface area (Å²) in [7, 11) is 0. The third kappa shape index (κ3) is 3.72. The minimum Gasteiger partial charge on any atom is -0.324 e. The van der Waals surface area contributed by atoms with Crippen LogP contribution in [-0.2, 0) is 4.79 Å². The van der Waals surface area contributed by atoms with Crippen molar-refractivity contribution < 1.29 is 4.79 Å². The van der Waals surface area contributed by atoms with E-state index in [9.17, 15) is 9.59 Å². The second kappa shape index (κ2) is 8.24. The summed E-state index contributed by atoms with van der Waals surface area (Å²) in [5.41, 5.74) is 3.30. The average molecular weight is 442 g/mol. The molecule has 32 heavy (non-hydrogen) atoms. The highest BCUT2D eigenvalue weighted by Gasteiger charge is 2.20. The Morgan fingerprint density at radius 2 is 1.84 bits per heavy atom. The minimum atomic E-state index is -0.795. The Morgan fingerprint density at radius 1 is 1.00 bits per heavy atom. The normalized spacial score (nSPS) is 12.0. The second-order valence-electron chi connectivity index (χ2n) is 7.28. The smallest absolute Gasteiger partial charge is 0.267 e. The van der Waals surface area contributed by atoms with Crippen LogP contribution in [0, 0.1) is 0 Å². The third-order valence-corrected chi connectivity index (χ3v) is 6.06. The van der Waals surface area contributed by atoms with Crippen molar-refractivity contribution in [2.24, 2.45) is 0 Å². The van der Waals surface area contributed by atoms with Gasteiger partial charge in [0.1, 0.15) is 17.4 Å². The van der Waals surface area contributed by atoms with E-state index in [1.165, 1.54) is 22.1 Å². The van der Waals surface area contributed by atoms with Crippen molar-refractivity contribution in [2.75, 3.05) is 5.32 Å². The lowest BCUT2D eigenvalue weighted by Gasteiger charge is -2.16. The predicted octanol–water partition coefficient (Wildman–Crippen LogP) is 4.49. The van der Waals surface area contributed by atoms with Gasteiger partial charge in [0.25, 0.3) is 5.56 Å². The van der Waals surface area contributed by atoms with E-state index in [-0.39, 0.29) is 11.5 Å². The number of carbonyl (C=O) groups is 1. The van der Waals surface area contributed by atoms with Crippen LogP contribution in [0.1, 0.15) is 13.0 Å². The number of aromatic nitrogens is 4. The quantitative estimate of drug-likeness (QED) is 0.436. The number of imidazole rings is 1. The summed E-state index contributed by atoms with van der Waals surface area (Å²) in [4.78, 5) is 31.1. The SMILES string of the molecule is C[C@@H](C(=O)Nc1ccccc1-c1cn2ccccc2n1)n1nc(-c2cccs2)ccc1=O. The van der Waals surface area contributed by atoms with Crippen molar-refractivity contribution in [3.05, 3.63) is 94.9 Å². The molecule has 8 heteroatoms. The van der Waals surface area contributed by atoms with Gasteiger partial charge in [-0.2, -0.15) is 5.10 Å². The molecule has 1 amide bonds. The van der Waals surface area contributed by atoms with Gasteiger partial charge in [0, 0.05) is 24.0 Å². The Labute approximate surface area is 187 Å². The molecule has 0 aliphatic rings. The van der Waals surface area contributed by atoms with Gasteiger partial charge in [0.2, 0.25) is 5.91 Å². The molecule has 0 bridgehead atoms. The number of hydrogen-bond acceptors (Lipinski definition) is 5. The van der Waals surface area contributed by atoms with Crippen LogP contribution in [0.25, 0.3) is 27.5 Å². The molecule has 5 aromatic rings. The summed E-state index contributed by atoms with van der Waals surface area (Å²) >= 11 is 1.53. The standard InChI is InChI=1S/C24H19N5O2S/c1-16(29-23(30)12-11-19(27-29)21-9-6-14-32-21)24(31)26-18-8-3-2-7-17(18)20-15-28-13-5-4-10-22(28)25-20/h2-16H,1H3,(H,26,31)/t16-/m0/s1. The molecule has 0 unspecified atom stereocenters. The number of benzene rings is 1. The molecule has 4 aromatic heterocycles. The van der Waals surface area contributed by atoms with E-state index >= 15 is 0 Å². The Balaban J connectivity index is 1.45. The van der Waals surface area contributed by atoms with E-state index in [1.54, 1.807) is 13.0 Å². The van der Waals surface area contributed by atoms with Crippen LogP contribution < -0.4 is 10.9 Å². The molecule has 1 aromatic carbocycles. The van der Waals surface area contributed by atoms with Crippen LogP contribution in [-0.4, -0.2) is 25.1 Å². The Kier molecular flexibility index (Phi) is 5.12. The van der Waals surface area contributed by atoms with Crippen molar-refractivity contribution in [3.8, 4) is 21.8 Å². The van der Waals surface area contributed by atoms with Gasteiger partial charge >= 0.3 is 0 Å². The van der Waals surface area contributed by atoms with Crippen LogP contribution in [0.4, 0.5) is 5.69 Å². The second-order valence-corrected chi connectivity index (χ2v) is 8.23. The van der Waals surface area contributed by atoms with Crippen molar-refractivity contribution in [2.45, 2.75) is 13.0 Å². The van der Waals surface area contributed by atoms with Crippen molar-refractivity contribution >= 4 is 28.6 Å². The first-order chi connectivity index (χ1) is 15.6. The molecule has 0 spiro atoms. The zero-order chi connectivity index (χ0) is 22.1. The monoisotopic (exact) mass is 441 g/mol. The molecule has 5 rings (SSSR count). The zero-order valence-corrected chi connectivity index (χ0v) is 18.0. The van der Waals surface area contributed by atoms with Crippen molar-refractivity contribution in [1.29, 1.82) is 0 Å². The highest BCUT2D eigenvalue weighted by Crippen LogP contribution is 2.28. The van der Waals surface area contributed by atoms with Gasteiger partial charge < -0.3 is 9.72 Å². The van der Waals surface area contributed by atoms with Gasteiger partial charge in [-0.15, -0.1) is 11.3 Å². The molecular weight excluding hydrogens is 422 g/mol. The average Bonchev–Trinajstić information content (AvgIpc) is 3.49. The first kappa shape index (κ1) is 19.9.